The number of hydrogen-bond donors (Lipinski definition) is 2. The van der Waals surface area contributed by atoms with Gasteiger partial charge in [0.15, 0.2) is 0 Å². The van der Waals surface area contributed by atoms with Crippen molar-refractivity contribution in [1.29, 1.82) is 0 Å². The predicted octanol–water partition coefficient (Wildman–Crippen LogP) is 0.925. The molecule has 1 unspecified atom stereocenters. The van der Waals surface area contributed by atoms with E-state index < -0.39 is 0 Å². The molecule has 3 nitrogen and oxygen atoms in total. The van der Waals surface area contributed by atoms with Gasteiger partial charge >= 0.3 is 0 Å². The molecule has 0 spiro atoms. The van der Waals surface area contributed by atoms with E-state index in [1.165, 1.54) is 11.4 Å². The van der Waals surface area contributed by atoms with E-state index in [0.29, 0.717) is 6.04 Å². The lowest BCUT2D eigenvalue weighted by atomic mass is 10.1. The molecule has 11 heavy (non-hydrogen) atoms. The molecule has 1 aliphatic heterocycles. The number of aromatic nitrogens is 2. The average molecular weight is 151 g/mol. The zero-order valence-electron chi connectivity index (χ0n) is 6.94. The van der Waals surface area contributed by atoms with Crippen LogP contribution in [0.25, 0.3) is 0 Å². The first-order chi connectivity index (χ1) is 5.27. The summed E-state index contributed by atoms with van der Waals surface area (Å²) in [5.41, 5.74) is 2.52. The SMILES string of the molecule is Cc1nc2c([nH]1)CCNC2C. The second-order valence-electron chi connectivity index (χ2n) is 3.11. The molecule has 3 heteroatoms. The summed E-state index contributed by atoms with van der Waals surface area (Å²) in [5.74, 6) is 1.03. The molecule has 0 aromatic carbocycles. The maximum Gasteiger partial charge on any atom is 0.103 e. The standard InChI is InChI=1S/C8H13N3/c1-5-8-7(3-4-9-5)10-6(2)11-8/h5,9H,3-4H2,1-2H3,(H,10,11). The second kappa shape index (κ2) is 2.34. The van der Waals surface area contributed by atoms with Crippen molar-refractivity contribution in [2.24, 2.45) is 0 Å². The molecule has 60 valence electrons. The van der Waals surface area contributed by atoms with Crippen LogP contribution >= 0.6 is 0 Å². The Hall–Kier alpha value is -0.830. The third-order valence-electron chi connectivity index (χ3n) is 2.16. The van der Waals surface area contributed by atoms with Crippen LogP contribution in [0.4, 0.5) is 0 Å². The van der Waals surface area contributed by atoms with Crippen LogP contribution in [0.2, 0.25) is 0 Å². The number of imidazole rings is 1. The summed E-state index contributed by atoms with van der Waals surface area (Å²) in [6.45, 7) is 5.22. The Balaban J connectivity index is 2.43. The van der Waals surface area contributed by atoms with E-state index in [-0.39, 0.29) is 0 Å². The normalized spacial score (nSPS) is 23.3. The van der Waals surface area contributed by atoms with Gasteiger partial charge in [0.05, 0.1) is 5.69 Å². The zero-order valence-corrected chi connectivity index (χ0v) is 6.94. The van der Waals surface area contributed by atoms with Gasteiger partial charge < -0.3 is 10.3 Å². The second-order valence-corrected chi connectivity index (χ2v) is 3.11. The summed E-state index contributed by atoms with van der Waals surface area (Å²) in [5, 5.41) is 3.37. The van der Waals surface area contributed by atoms with Crippen LogP contribution in [0.3, 0.4) is 0 Å². The van der Waals surface area contributed by atoms with E-state index in [9.17, 15) is 0 Å². The lowest BCUT2D eigenvalue weighted by molar-refractivity contribution is 0.527. The van der Waals surface area contributed by atoms with E-state index in [0.717, 1.165) is 18.8 Å². The number of aryl methyl sites for hydroxylation is 1. The minimum atomic E-state index is 0.420. The first-order valence-corrected chi connectivity index (χ1v) is 4.06. The summed E-state index contributed by atoms with van der Waals surface area (Å²) in [7, 11) is 0. The van der Waals surface area contributed by atoms with Crippen LogP contribution in [0.5, 0.6) is 0 Å². The number of H-pyrrole nitrogens is 1. The molecule has 0 bridgehead atoms. The van der Waals surface area contributed by atoms with Crippen molar-refractivity contribution < 1.29 is 0 Å². The van der Waals surface area contributed by atoms with Crippen LogP contribution in [0, 0.1) is 6.92 Å². The summed E-state index contributed by atoms with van der Waals surface area (Å²) in [6, 6.07) is 0.420. The average Bonchev–Trinajstić information content (AvgIpc) is 2.31. The van der Waals surface area contributed by atoms with Gasteiger partial charge in [0.25, 0.3) is 0 Å². The predicted molar refractivity (Wildman–Crippen MR) is 43.4 cm³/mol. The third kappa shape index (κ3) is 1.05. The summed E-state index contributed by atoms with van der Waals surface area (Å²) >= 11 is 0. The van der Waals surface area contributed by atoms with Crippen LogP contribution in [-0.2, 0) is 6.42 Å². The molecule has 0 amide bonds. The molecule has 1 aliphatic rings. The smallest absolute Gasteiger partial charge is 0.103 e. The highest BCUT2D eigenvalue weighted by Gasteiger charge is 2.18. The van der Waals surface area contributed by atoms with Crippen LogP contribution < -0.4 is 5.32 Å². The molecular weight excluding hydrogens is 138 g/mol. The first-order valence-electron chi connectivity index (χ1n) is 4.06. The Labute approximate surface area is 66.2 Å². The van der Waals surface area contributed by atoms with Gasteiger partial charge in [-0.15, -0.1) is 0 Å². The van der Waals surface area contributed by atoms with Crippen molar-refractivity contribution in [3.8, 4) is 0 Å². The van der Waals surface area contributed by atoms with Gasteiger partial charge in [0, 0.05) is 24.7 Å². The monoisotopic (exact) mass is 151 g/mol. The van der Waals surface area contributed by atoms with Crippen molar-refractivity contribution in [2.75, 3.05) is 6.54 Å². The lowest BCUT2D eigenvalue weighted by Gasteiger charge is -2.18. The van der Waals surface area contributed by atoms with E-state index >= 15 is 0 Å². The van der Waals surface area contributed by atoms with Gasteiger partial charge in [0.2, 0.25) is 0 Å². The molecule has 2 rings (SSSR count). The molecule has 1 atom stereocenters. The lowest BCUT2D eigenvalue weighted by Crippen LogP contribution is -2.27. The molecular formula is C8H13N3. The van der Waals surface area contributed by atoms with Gasteiger partial charge in [-0.2, -0.15) is 0 Å². The number of rotatable bonds is 0. The highest BCUT2D eigenvalue weighted by atomic mass is 15.0. The Kier molecular flexibility index (Phi) is 1.46. The van der Waals surface area contributed by atoms with Gasteiger partial charge in [0.1, 0.15) is 5.82 Å². The highest BCUT2D eigenvalue weighted by molar-refractivity contribution is 5.20. The third-order valence-corrected chi connectivity index (χ3v) is 2.16. The molecule has 0 saturated carbocycles. The fraction of sp³-hybridized carbons (Fsp3) is 0.625. The fourth-order valence-corrected chi connectivity index (χ4v) is 1.62. The molecule has 2 N–H and O–H groups in total. The van der Waals surface area contributed by atoms with Gasteiger partial charge in [-0.05, 0) is 13.8 Å². The molecule has 0 aliphatic carbocycles. The van der Waals surface area contributed by atoms with Crippen molar-refractivity contribution in [1.82, 2.24) is 15.3 Å². The van der Waals surface area contributed by atoms with Crippen molar-refractivity contribution >= 4 is 0 Å². The van der Waals surface area contributed by atoms with Gasteiger partial charge in [-0.25, -0.2) is 4.98 Å². The Morgan fingerprint density at radius 1 is 1.55 bits per heavy atom. The maximum atomic E-state index is 4.41. The summed E-state index contributed by atoms with van der Waals surface area (Å²) < 4.78 is 0. The topological polar surface area (TPSA) is 40.7 Å². The molecule has 1 aromatic heterocycles. The van der Waals surface area contributed by atoms with Crippen LogP contribution in [0.1, 0.15) is 30.2 Å². The van der Waals surface area contributed by atoms with Gasteiger partial charge in [-0.1, -0.05) is 0 Å². The van der Waals surface area contributed by atoms with Crippen molar-refractivity contribution in [2.45, 2.75) is 26.3 Å². The minimum absolute atomic E-state index is 0.420. The minimum Gasteiger partial charge on any atom is -0.346 e. The van der Waals surface area contributed by atoms with Crippen LogP contribution in [-0.4, -0.2) is 16.5 Å². The van der Waals surface area contributed by atoms with Crippen molar-refractivity contribution in [3.63, 3.8) is 0 Å². The van der Waals surface area contributed by atoms with E-state index in [2.05, 4.69) is 22.2 Å². The molecule has 0 fully saturated rings. The van der Waals surface area contributed by atoms with E-state index in [1.54, 1.807) is 0 Å². The molecule has 2 heterocycles. The Morgan fingerprint density at radius 3 is 3.09 bits per heavy atom. The van der Waals surface area contributed by atoms with E-state index in [1.807, 2.05) is 6.92 Å². The largest absolute Gasteiger partial charge is 0.346 e. The highest BCUT2D eigenvalue weighted by Crippen LogP contribution is 2.19. The maximum absolute atomic E-state index is 4.41. The molecule has 1 aromatic rings. The van der Waals surface area contributed by atoms with Crippen LogP contribution in [0.15, 0.2) is 0 Å². The Morgan fingerprint density at radius 2 is 2.36 bits per heavy atom. The number of hydrogen-bond acceptors (Lipinski definition) is 2. The Bertz CT molecular complexity index is 264. The van der Waals surface area contributed by atoms with Gasteiger partial charge in [-0.3, -0.25) is 0 Å². The summed E-state index contributed by atoms with van der Waals surface area (Å²) in [4.78, 5) is 7.69. The zero-order chi connectivity index (χ0) is 7.84. The number of aromatic amines is 1. The molecule has 0 radical (unpaired) electrons. The quantitative estimate of drug-likeness (QED) is 0.579. The first kappa shape index (κ1) is 6.85. The number of fused-ring (bicyclic) bond motifs is 1. The van der Waals surface area contributed by atoms with Crippen molar-refractivity contribution in [3.05, 3.63) is 17.2 Å². The number of nitrogens with zero attached hydrogens (tertiary/aromatic N) is 1. The number of nitrogens with one attached hydrogen (secondary N) is 2. The molecule has 0 saturated heterocycles. The summed E-state index contributed by atoms with van der Waals surface area (Å²) in [6.07, 6.45) is 1.08. The van der Waals surface area contributed by atoms with E-state index in [4.69, 9.17) is 0 Å². The fourth-order valence-electron chi connectivity index (χ4n) is 1.62.